The van der Waals surface area contributed by atoms with Gasteiger partial charge in [0, 0.05) is 18.0 Å². The molecule has 18 heavy (non-hydrogen) atoms. The van der Waals surface area contributed by atoms with Gasteiger partial charge in [0.2, 0.25) is 5.91 Å². The molecule has 2 fully saturated rings. The molecule has 2 bridgehead atoms. The van der Waals surface area contributed by atoms with Gasteiger partial charge in [0.1, 0.15) is 0 Å². The SMILES string of the molecule is CC(N)CCCC(C)C(=O)NC1CC2CCC1C2. The van der Waals surface area contributed by atoms with Gasteiger partial charge in [-0.25, -0.2) is 0 Å². The van der Waals surface area contributed by atoms with Gasteiger partial charge >= 0.3 is 0 Å². The van der Waals surface area contributed by atoms with Gasteiger partial charge in [0.15, 0.2) is 0 Å². The summed E-state index contributed by atoms with van der Waals surface area (Å²) in [6.07, 6.45) is 8.34. The standard InChI is InChI=1S/C15H28N2O/c1-10(4-3-5-11(2)16)15(18)17-14-9-12-6-7-13(14)8-12/h10-14H,3-9,16H2,1-2H3,(H,17,18). The van der Waals surface area contributed by atoms with Crippen molar-refractivity contribution in [1.82, 2.24) is 5.32 Å². The second-order valence-electron chi connectivity index (χ2n) is 6.60. The maximum absolute atomic E-state index is 12.1. The van der Waals surface area contributed by atoms with Gasteiger partial charge in [-0.1, -0.05) is 19.8 Å². The topological polar surface area (TPSA) is 55.1 Å². The first-order chi connectivity index (χ1) is 8.56. The monoisotopic (exact) mass is 252 g/mol. The molecule has 2 saturated carbocycles. The van der Waals surface area contributed by atoms with Crippen LogP contribution < -0.4 is 11.1 Å². The second-order valence-corrected chi connectivity index (χ2v) is 6.60. The predicted octanol–water partition coefficient (Wildman–Crippen LogP) is 2.44. The van der Waals surface area contributed by atoms with Crippen LogP contribution in [-0.2, 0) is 4.79 Å². The van der Waals surface area contributed by atoms with E-state index >= 15 is 0 Å². The minimum atomic E-state index is 0.142. The van der Waals surface area contributed by atoms with Crippen LogP contribution >= 0.6 is 0 Å². The number of hydrogen-bond acceptors (Lipinski definition) is 2. The Balaban J connectivity index is 1.67. The first-order valence-electron chi connectivity index (χ1n) is 7.62. The van der Waals surface area contributed by atoms with Crippen LogP contribution in [0.2, 0.25) is 0 Å². The van der Waals surface area contributed by atoms with Gasteiger partial charge in [-0.2, -0.15) is 0 Å². The molecule has 0 spiro atoms. The van der Waals surface area contributed by atoms with Crippen LogP contribution in [0, 0.1) is 17.8 Å². The minimum absolute atomic E-state index is 0.142. The Kier molecular flexibility index (Phi) is 4.66. The lowest BCUT2D eigenvalue weighted by Gasteiger charge is -2.24. The Morgan fingerprint density at radius 3 is 2.61 bits per heavy atom. The zero-order valence-electron chi connectivity index (χ0n) is 11.8. The van der Waals surface area contributed by atoms with Crippen molar-refractivity contribution in [3.8, 4) is 0 Å². The molecule has 3 heteroatoms. The van der Waals surface area contributed by atoms with Crippen molar-refractivity contribution in [3.63, 3.8) is 0 Å². The first-order valence-corrected chi connectivity index (χ1v) is 7.62. The molecule has 5 atom stereocenters. The fraction of sp³-hybridized carbons (Fsp3) is 0.933. The van der Waals surface area contributed by atoms with E-state index in [0.717, 1.165) is 31.1 Å². The van der Waals surface area contributed by atoms with Crippen LogP contribution in [0.25, 0.3) is 0 Å². The third-order valence-electron chi connectivity index (χ3n) is 4.81. The fourth-order valence-corrected chi connectivity index (χ4v) is 3.62. The minimum Gasteiger partial charge on any atom is -0.353 e. The molecule has 0 aromatic rings. The van der Waals surface area contributed by atoms with Crippen LogP contribution in [0.15, 0.2) is 0 Å². The molecule has 5 unspecified atom stereocenters. The van der Waals surface area contributed by atoms with E-state index in [1.54, 1.807) is 0 Å². The van der Waals surface area contributed by atoms with E-state index in [1.165, 1.54) is 25.7 Å². The summed E-state index contributed by atoms with van der Waals surface area (Å²) in [4.78, 5) is 12.1. The average molecular weight is 252 g/mol. The number of fused-ring (bicyclic) bond motifs is 2. The van der Waals surface area contributed by atoms with Crippen molar-refractivity contribution >= 4 is 5.91 Å². The Hall–Kier alpha value is -0.570. The van der Waals surface area contributed by atoms with Crippen molar-refractivity contribution in [2.24, 2.45) is 23.5 Å². The van der Waals surface area contributed by atoms with Crippen molar-refractivity contribution < 1.29 is 4.79 Å². The molecule has 0 aliphatic heterocycles. The summed E-state index contributed by atoms with van der Waals surface area (Å²) in [5.74, 6) is 2.07. The van der Waals surface area contributed by atoms with E-state index in [2.05, 4.69) is 5.32 Å². The average Bonchev–Trinajstić information content (AvgIpc) is 2.90. The zero-order valence-corrected chi connectivity index (χ0v) is 11.8. The van der Waals surface area contributed by atoms with E-state index in [-0.39, 0.29) is 17.9 Å². The van der Waals surface area contributed by atoms with Gasteiger partial charge in [-0.3, -0.25) is 4.79 Å². The highest BCUT2D eigenvalue weighted by atomic mass is 16.1. The highest BCUT2D eigenvalue weighted by Crippen LogP contribution is 2.44. The van der Waals surface area contributed by atoms with Crippen molar-refractivity contribution in [1.29, 1.82) is 0 Å². The van der Waals surface area contributed by atoms with E-state index in [0.29, 0.717) is 6.04 Å². The first kappa shape index (κ1) is 13.9. The van der Waals surface area contributed by atoms with E-state index in [4.69, 9.17) is 5.73 Å². The van der Waals surface area contributed by atoms with Crippen molar-refractivity contribution in [3.05, 3.63) is 0 Å². The van der Waals surface area contributed by atoms with Crippen LogP contribution in [0.4, 0.5) is 0 Å². The van der Waals surface area contributed by atoms with Gasteiger partial charge in [0.05, 0.1) is 0 Å². The summed E-state index contributed by atoms with van der Waals surface area (Å²) in [7, 11) is 0. The van der Waals surface area contributed by atoms with Crippen LogP contribution in [0.5, 0.6) is 0 Å². The molecule has 0 saturated heterocycles. The summed E-state index contributed by atoms with van der Waals surface area (Å²) in [5.41, 5.74) is 5.73. The summed E-state index contributed by atoms with van der Waals surface area (Å²) >= 11 is 0. The normalized spacial score (nSPS) is 33.4. The van der Waals surface area contributed by atoms with Crippen molar-refractivity contribution in [2.75, 3.05) is 0 Å². The number of nitrogens with two attached hydrogens (primary N) is 1. The molecule has 0 aromatic heterocycles. The number of carbonyl (C=O) groups excluding carboxylic acids is 1. The molecule has 0 aromatic carbocycles. The van der Waals surface area contributed by atoms with Crippen LogP contribution in [0.3, 0.4) is 0 Å². The molecular formula is C15H28N2O. The second kappa shape index (κ2) is 6.05. The number of rotatable bonds is 6. The molecule has 104 valence electrons. The molecule has 3 N–H and O–H groups in total. The molecule has 3 nitrogen and oxygen atoms in total. The Bertz CT molecular complexity index is 290. The fourth-order valence-electron chi connectivity index (χ4n) is 3.62. The van der Waals surface area contributed by atoms with Gasteiger partial charge in [0.25, 0.3) is 0 Å². The van der Waals surface area contributed by atoms with E-state index in [1.807, 2.05) is 13.8 Å². The number of nitrogens with one attached hydrogen (secondary N) is 1. The van der Waals surface area contributed by atoms with E-state index in [9.17, 15) is 4.79 Å². The summed E-state index contributed by atoms with van der Waals surface area (Å²) in [6.45, 7) is 4.07. The third-order valence-corrected chi connectivity index (χ3v) is 4.81. The summed E-state index contributed by atoms with van der Waals surface area (Å²) < 4.78 is 0. The molecule has 2 aliphatic carbocycles. The molecule has 0 radical (unpaired) electrons. The maximum atomic E-state index is 12.1. The Morgan fingerprint density at radius 1 is 1.28 bits per heavy atom. The smallest absolute Gasteiger partial charge is 0.223 e. The summed E-state index contributed by atoms with van der Waals surface area (Å²) in [6, 6.07) is 0.734. The number of hydrogen-bond donors (Lipinski definition) is 2. The van der Waals surface area contributed by atoms with Crippen molar-refractivity contribution in [2.45, 2.75) is 70.9 Å². The summed E-state index contributed by atoms with van der Waals surface area (Å²) in [5, 5.41) is 3.28. The van der Waals surface area contributed by atoms with Crippen LogP contribution in [-0.4, -0.2) is 18.0 Å². The Labute approximate surface area is 111 Å². The highest BCUT2D eigenvalue weighted by Gasteiger charge is 2.40. The maximum Gasteiger partial charge on any atom is 0.223 e. The largest absolute Gasteiger partial charge is 0.353 e. The van der Waals surface area contributed by atoms with Crippen LogP contribution in [0.1, 0.15) is 58.8 Å². The lowest BCUT2D eigenvalue weighted by atomic mass is 9.94. The highest BCUT2D eigenvalue weighted by molar-refractivity contribution is 5.78. The Morgan fingerprint density at radius 2 is 2.06 bits per heavy atom. The zero-order chi connectivity index (χ0) is 13.1. The molecule has 2 rings (SSSR count). The van der Waals surface area contributed by atoms with Gasteiger partial charge in [-0.15, -0.1) is 0 Å². The number of carbonyl (C=O) groups is 1. The molecule has 2 aliphatic rings. The van der Waals surface area contributed by atoms with Gasteiger partial charge in [-0.05, 0) is 50.9 Å². The van der Waals surface area contributed by atoms with Gasteiger partial charge < -0.3 is 11.1 Å². The lowest BCUT2D eigenvalue weighted by molar-refractivity contribution is -0.125. The number of amides is 1. The quantitative estimate of drug-likeness (QED) is 0.763. The predicted molar refractivity (Wildman–Crippen MR) is 74.0 cm³/mol. The molecule has 1 amide bonds. The van der Waals surface area contributed by atoms with E-state index < -0.39 is 0 Å². The molecular weight excluding hydrogens is 224 g/mol. The third kappa shape index (κ3) is 3.47. The molecule has 0 heterocycles. The lowest BCUT2D eigenvalue weighted by Crippen LogP contribution is -2.41.